The van der Waals surface area contributed by atoms with Gasteiger partial charge in [-0.1, -0.05) is 11.6 Å². The third-order valence-electron chi connectivity index (χ3n) is 3.30. The highest BCUT2D eigenvalue weighted by Gasteiger charge is 2.40. The van der Waals surface area contributed by atoms with Crippen LogP contribution in [0, 0.1) is 0 Å². The van der Waals surface area contributed by atoms with Crippen LogP contribution in [-0.4, -0.2) is 18.1 Å². The lowest BCUT2D eigenvalue weighted by Crippen LogP contribution is -2.45. The van der Waals surface area contributed by atoms with Crippen molar-refractivity contribution in [2.45, 2.75) is 25.0 Å². The Morgan fingerprint density at radius 3 is 2.81 bits per heavy atom. The first kappa shape index (κ1) is 11.3. The Morgan fingerprint density at radius 2 is 2.19 bits per heavy atom. The molecule has 1 aliphatic rings. The van der Waals surface area contributed by atoms with Gasteiger partial charge in [-0.3, -0.25) is 4.98 Å². The van der Waals surface area contributed by atoms with Gasteiger partial charge in [0.2, 0.25) is 10.0 Å². The molecule has 4 nitrogen and oxygen atoms in total. The molecule has 1 aromatic rings. The Morgan fingerprint density at radius 1 is 1.50 bits per heavy atom. The van der Waals surface area contributed by atoms with Gasteiger partial charge in [0.25, 0.3) is 0 Å². The topological polar surface area (TPSA) is 73.0 Å². The highest BCUT2D eigenvalue weighted by molar-refractivity contribution is 7.90. The number of aromatic nitrogens is 1. The SMILES string of the molecule is CC1=Cc2ccncc2CC1(C)S(N)(=O)=O. The monoisotopic (exact) mass is 238 g/mol. The fourth-order valence-electron chi connectivity index (χ4n) is 1.94. The number of nitrogens with two attached hydrogens (primary N) is 1. The van der Waals surface area contributed by atoms with Crippen molar-refractivity contribution >= 4 is 16.1 Å². The standard InChI is InChI=1S/C11H14N2O2S/c1-8-5-9-3-4-13-7-10(9)6-11(8,2)16(12,14)15/h3-5,7H,6H2,1-2H3,(H2,12,14,15). The maximum absolute atomic E-state index is 11.6. The maximum atomic E-state index is 11.6. The molecule has 0 bridgehead atoms. The zero-order chi connectivity index (χ0) is 12.0. The van der Waals surface area contributed by atoms with Gasteiger partial charge in [0.15, 0.2) is 0 Å². The number of hydrogen-bond acceptors (Lipinski definition) is 3. The van der Waals surface area contributed by atoms with Crippen molar-refractivity contribution in [1.29, 1.82) is 0 Å². The molecule has 86 valence electrons. The van der Waals surface area contributed by atoms with Gasteiger partial charge in [0.1, 0.15) is 4.75 Å². The predicted molar refractivity (Wildman–Crippen MR) is 63.1 cm³/mol. The Balaban J connectivity index is 2.61. The number of sulfonamides is 1. The summed E-state index contributed by atoms with van der Waals surface area (Å²) in [6, 6.07) is 1.88. The van der Waals surface area contributed by atoms with Crippen LogP contribution in [0.1, 0.15) is 25.0 Å². The zero-order valence-electron chi connectivity index (χ0n) is 9.27. The number of nitrogens with zero attached hydrogens (tertiary/aromatic N) is 1. The quantitative estimate of drug-likeness (QED) is 0.796. The molecular weight excluding hydrogens is 224 g/mol. The van der Waals surface area contributed by atoms with E-state index in [0.717, 1.165) is 16.7 Å². The Bertz CT molecular complexity index is 563. The van der Waals surface area contributed by atoms with Gasteiger partial charge >= 0.3 is 0 Å². The Kier molecular flexibility index (Phi) is 2.40. The summed E-state index contributed by atoms with van der Waals surface area (Å²) in [5.74, 6) is 0. The second kappa shape index (κ2) is 3.40. The van der Waals surface area contributed by atoms with Crippen molar-refractivity contribution < 1.29 is 8.42 Å². The van der Waals surface area contributed by atoms with E-state index in [1.165, 1.54) is 0 Å². The molecule has 2 rings (SSSR count). The van der Waals surface area contributed by atoms with E-state index in [1.807, 2.05) is 12.1 Å². The summed E-state index contributed by atoms with van der Waals surface area (Å²) in [5.41, 5.74) is 2.71. The van der Waals surface area contributed by atoms with Crippen molar-refractivity contribution in [3.63, 3.8) is 0 Å². The molecule has 1 heterocycles. The lowest BCUT2D eigenvalue weighted by Gasteiger charge is -2.32. The molecule has 0 saturated carbocycles. The lowest BCUT2D eigenvalue weighted by atomic mass is 9.85. The van der Waals surface area contributed by atoms with E-state index >= 15 is 0 Å². The van der Waals surface area contributed by atoms with Crippen LogP contribution in [0.2, 0.25) is 0 Å². The van der Waals surface area contributed by atoms with E-state index in [0.29, 0.717) is 6.42 Å². The highest BCUT2D eigenvalue weighted by atomic mass is 32.2. The normalized spacial score (nSPS) is 24.8. The number of rotatable bonds is 1. The van der Waals surface area contributed by atoms with Crippen molar-refractivity contribution in [1.82, 2.24) is 4.98 Å². The average Bonchev–Trinajstić information content (AvgIpc) is 2.18. The molecule has 0 amide bonds. The van der Waals surface area contributed by atoms with Crippen LogP contribution in [0.4, 0.5) is 0 Å². The Labute approximate surface area is 95.2 Å². The van der Waals surface area contributed by atoms with E-state index in [2.05, 4.69) is 4.98 Å². The molecule has 1 unspecified atom stereocenters. The number of hydrogen-bond donors (Lipinski definition) is 1. The molecule has 0 fully saturated rings. The first-order valence-electron chi connectivity index (χ1n) is 4.98. The maximum Gasteiger partial charge on any atom is 0.218 e. The van der Waals surface area contributed by atoms with E-state index in [4.69, 9.17) is 5.14 Å². The minimum absolute atomic E-state index is 0.386. The van der Waals surface area contributed by atoms with Gasteiger partial charge in [0, 0.05) is 12.4 Å². The summed E-state index contributed by atoms with van der Waals surface area (Å²) in [4.78, 5) is 4.01. The van der Waals surface area contributed by atoms with Crippen LogP contribution in [0.15, 0.2) is 24.0 Å². The second-order valence-electron chi connectivity index (χ2n) is 4.35. The average molecular weight is 238 g/mol. The van der Waals surface area contributed by atoms with E-state index in [-0.39, 0.29) is 0 Å². The van der Waals surface area contributed by atoms with Gasteiger partial charge in [-0.2, -0.15) is 0 Å². The summed E-state index contributed by atoms with van der Waals surface area (Å²) < 4.78 is 22.3. The summed E-state index contributed by atoms with van der Waals surface area (Å²) >= 11 is 0. The van der Waals surface area contributed by atoms with Crippen LogP contribution in [0.3, 0.4) is 0 Å². The van der Waals surface area contributed by atoms with Crippen LogP contribution in [0.25, 0.3) is 6.08 Å². The number of fused-ring (bicyclic) bond motifs is 1. The van der Waals surface area contributed by atoms with Crippen LogP contribution in [0.5, 0.6) is 0 Å². The molecule has 0 aliphatic heterocycles. The fourth-order valence-corrected chi connectivity index (χ4v) is 2.80. The summed E-state index contributed by atoms with van der Waals surface area (Å²) in [6.45, 7) is 3.46. The van der Waals surface area contributed by atoms with Crippen molar-refractivity contribution in [3.8, 4) is 0 Å². The number of primary sulfonamides is 1. The smallest absolute Gasteiger partial charge is 0.218 e. The van der Waals surface area contributed by atoms with Gasteiger partial charge in [-0.25, -0.2) is 13.6 Å². The lowest BCUT2D eigenvalue weighted by molar-refractivity contribution is 0.553. The third-order valence-corrected chi connectivity index (χ3v) is 5.03. The molecule has 0 spiro atoms. The summed E-state index contributed by atoms with van der Waals surface area (Å²) in [6.07, 6.45) is 5.65. The van der Waals surface area contributed by atoms with Gasteiger partial charge < -0.3 is 0 Å². The molecule has 0 saturated heterocycles. The largest absolute Gasteiger partial charge is 0.264 e. The van der Waals surface area contributed by atoms with Crippen LogP contribution in [-0.2, 0) is 16.4 Å². The van der Waals surface area contributed by atoms with Crippen LogP contribution < -0.4 is 5.14 Å². The van der Waals surface area contributed by atoms with Crippen LogP contribution >= 0.6 is 0 Å². The third kappa shape index (κ3) is 1.56. The predicted octanol–water partition coefficient (Wildman–Crippen LogP) is 1.09. The van der Waals surface area contributed by atoms with E-state index in [1.54, 1.807) is 26.2 Å². The minimum Gasteiger partial charge on any atom is -0.264 e. The molecular formula is C11H14N2O2S. The van der Waals surface area contributed by atoms with Gasteiger partial charge in [-0.15, -0.1) is 0 Å². The summed E-state index contributed by atoms with van der Waals surface area (Å²) in [5, 5.41) is 5.30. The molecule has 5 heteroatoms. The minimum atomic E-state index is -3.61. The fraction of sp³-hybridized carbons (Fsp3) is 0.364. The first-order valence-corrected chi connectivity index (χ1v) is 6.53. The second-order valence-corrected chi connectivity index (χ2v) is 6.35. The molecule has 1 aromatic heterocycles. The highest BCUT2D eigenvalue weighted by Crippen LogP contribution is 2.35. The van der Waals surface area contributed by atoms with E-state index in [9.17, 15) is 8.42 Å². The van der Waals surface area contributed by atoms with E-state index < -0.39 is 14.8 Å². The Hall–Kier alpha value is -1.20. The van der Waals surface area contributed by atoms with Crippen molar-refractivity contribution in [2.24, 2.45) is 5.14 Å². The first-order chi connectivity index (χ1) is 7.34. The number of pyridine rings is 1. The molecule has 0 aromatic carbocycles. The van der Waals surface area contributed by atoms with Crippen molar-refractivity contribution in [3.05, 3.63) is 35.2 Å². The van der Waals surface area contributed by atoms with Crippen molar-refractivity contribution in [2.75, 3.05) is 0 Å². The van der Waals surface area contributed by atoms with Gasteiger partial charge in [-0.05, 0) is 37.5 Å². The summed E-state index contributed by atoms with van der Waals surface area (Å²) in [7, 11) is -3.61. The van der Waals surface area contributed by atoms with Gasteiger partial charge in [0.05, 0.1) is 0 Å². The molecule has 1 aliphatic carbocycles. The molecule has 16 heavy (non-hydrogen) atoms. The molecule has 1 atom stereocenters. The zero-order valence-corrected chi connectivity index (χ0v) is 10.1. The molecule has 0 radical (unpaired) electrons. The molecule has 2 N–H and O–H groups in total.